The third kappa shape index (κ3) is 7.02. The molecule has 0 unspecified atom stereocenters. The van der Waals surface area contributed by atoms with Crippen molar-refractivity contribution in [2.24, 2.45) is 5.73 Å². The second-order valence-electron chi connectivity index (χ2n) is 4.19. The van der Waals surface area contributed by atoms with Crippen molar-refractivity contribution in [1.82, 2.24) is 5.32 Å². The Balaban J connectivity index is 0.00000400. The predicted octanol–water partition coefficient (Wildman–Crippen LogP) is 1.99. The molecule has 0 aliphatic rings. The highest BCUT2D eigenvalue weighted by atomic mass is 35.5. The van der Waals surface area contributed by atoms with Gasteiger partial charge in [-0.25, -0.2) is 0 Å². The maximum atomic E-state index is 11.5. The average molecular weight is 315 g/mol. The van der Waals surface area contributed by atoms with Gasteiger partial charge in [0.05, 0.1) is 7.11 Å². The number of rotatable bonds is 8. The molecule has 1 aromatic carbocycles. The number of allylic oxidation sites excluding steroid dienone is 1. The van der Waals surface area contributed by atoms with E-state index in [1.807, 2.05) is 31.2 Å². The van der Waals surface area contributed by atoms with Crippen molar-refractivity contribution in [3.8, 4) is 11.5 Å². The van der Waals surface area contributed by atoms with Gasteiger partial charge in [-0.2, -0.15) is 0 Å². The van der Waals surface area contributed by atoms with Crippen LogP contribution in [-0.4, -0.2) is 32.7 Å². The maximum absolute atomic E-state index is 11.5. The minimum Gasteiger partial charge on any atom is -0.493 e. The van der Waals surface area contributed by atoms with Crippen LogP contribution in [0.25, 0.3) is 6.08 Å². The summed E-state index contributed by atoms with van der Waals surface area (Å²) in [6.45, 7) is 3.03. The fourth-order valence-corrected chi connectivity index (χ4v) is 1.62. The maximum Gasteiger partial charge on any atom is 0.257 e. The number of ether oxygens (including phenoxy) is 2. The lowest BCUT2D eigenvalue weighted by atomic mass is 10.2. The third-order valence-corrected chi connectivity index (χ3v) is 2.61. The second-order valence-corrected chi connectivity index (χ2v) is 4.19. The van der Waals surface area contributed by atoms with Gasteiger partial charge in [-0.1, -0.05) is 18.2 Å². The normalized spacial score (nSPS) is 10.0. The number of nitrogens with two attached hydrogens (primary N) is 1. The molecule has 0 aromatic heterocycles. The third-order valence-electron chi connectivity index (χ3n) is 2.61. The minimum absolute atomic E-state index is 0. The molecule has 1 rings (SSSR count). The molecule has 5 nitrogen and oxygen atoms in total. The second kappa shape index (κ2) is 11.0. The summed E-state index contributed by atoms with van der Waals surface area (Å²) in [5.41, 5.74) is 6.37. The van der Waals surface area contributed by atoms with Crippen molar-refractivity contribution in [2.45, 2.75) is 13.3 Å². The van der Waals surface area contributed by atoms with Crippen LogP contribution in [0.15, 0.2) is 24.3 Å². The highest BCUT2D eigenvalue weighted by Gasteiger charge is 2.07. The van der Waals surface area contributed by atoms with Gasteiger partial charge in [-0.15, -0.1) is 12.4 Å². The number of hydrogen-bond donors (Lipinski definition) is 2. The molecule has 0 bridgehead atoms. The van der Waals surface area contributed by atoms with Crippen LogP contribution in [0, 0.1) is 0 Å². The zero-order valence-corrected chi connectivity index (χ0v) is 13.2. The fourth-order valence-electron chi connectivity index (χ4n) is 1.62. The molecule has 21 heavy (non-hydrogen) atoms. The van der Waals surface area contributed by atoms with E-state index >= 15 is 0 Å². The Morgan fingerprint density at radius 3 is 2.76 bits per heavy atom. The molecule has 0 fully saturated rings. The molecule has 118 valence electrons. The van der Waals surface area contributed by atoms with E-state index < -0.39 is 0 Å². The number of amides is 1. The quantitative estimate of drug-likeness (QED) is 0.720. The molecule has 0 heterocycles. The summed E-state index contributed by atoms with van der Waals surface area (Å²) in [5.74, 6) is 0.989. The van der Waals surface area contributed by atoms with Gasteiger partial charge in [0, 0.05) is 6.54 Å². The van der Waals surface area contributed by atoms with Crippen LogP contribution in [-0.2, 0) is 4.79 Å². The number of hydrogen-bond acceptors (Lipinski definition) is 4. The van der Waals surface area contributed by atoms with Gasteiger partial charge in [-0.3, -0.25) is 4.79 Å². The number of nitrogens with one attached hydrogen (secondary N) is 1. The lowest BCUT2D eigenvalue weighted by Gasteiger charge is -2.11. The van der Waals surface area contributed by atoms with Crippen LogP contribution in [0.1, 0.15) is 18.9 Å². The van der Waals surface area contributed by atoms with Gasteiger partial charge in [-0.05, 0) is 37.6 Å². The molecule has 1 amide bonds. The summed E-state index contributed by atoms with van der Waals surface area (Å²) in [4.78, 5) is 11.5. The Hall–Kier alpha value is -1.72. The van der Waals surface area contributed by atoms with Gasteiger partial charge in [0.25, 0.3) is 5.91 Å². The zero-order chi connectivity index (χ0) is 14.8. The molecule has 0 radical (unpaired) electrons. The summed E-state index contributed by atoms with van der Waals surface area (Å²) >= 11 is 0. The fraction of sp³-hybridized carbons (Fsp3) is 0.400. The van der Waals surface area contributed by atoms with E-state index in [2.05, 4.69) is 5.32 Å². The topological polar surface area (TPSA) is 73.6 Å². The Bertz CT molecular complexity index is 464. The van der Waals surface area contributed by atoms with E-state index in [9.17, 15) is 4.79 Å². The summed E-state index contributed by atoms with van der Waals surface area (Å²) in [7, 11) is 1.57. The number of methoxy groups -OCH3 is 1. The van der Waals surface area contributed by atoms with Crippen molar-refractivity contribution in [2.75, 3.05) is 26.8 Å². The first-order valence-corrected chi connectivity index (χ1v) is 6.61. The number of carbonyl (C=O) groups excluding carboxylic acids is 1. The Morgan fingerprint density at radius 2 is 2.14 bits per heavy atom. The standard InChI is InChI=1S/C15H22N2O3.ClH/c1-3-5-12-6-7-13(14(10-12)19-2)20-11-15(18)17-9-4-8-16;/h3,5-7,10H,4,8-9,11,16H2,1-2H3,(H,17,18);1H/b5-3+;. The molecule has 0 atom stereocenters. The lowest BCUT2D eigenvalue weighted by Crippen LogP contribution is -2.30. The van der Waals surface area contributed by atoms with Crippen LogP contribution in [0.2, 0.25) is 0 Å². The average Bonchev–Trinajstić information content (AvgIpc) is 2.46. The molecule has 0 saturated heterocycles. The minimum atomic E-state index is -0.168. The van der Waals surface area contributed by atoms with Crippen molar-refractivity contribution in [1.29, 1.82) is 0 Å². The highest BCUT2D eigenvalue weighted by molar-refractivity contribution is 5.85. The molecule has 0 aliphatic heterocycles. The van der Waals surface area contributed by atoms with Gasteiger partial charge in [0.15, 0.2) is 18.1 Å². The molecule has 0 aliphatic carbocycles. The molecule has 3 N–H and O–H groups in total. The van der Waals surface area contributed by atoms with Gasteiger partial charge < -0.3 is 20.5 Å². The van der Waals surface area contributed by atoms with Crippen LogP contribution < -0.4 is 20.5 Å². The van der Waals surface area contributed by atoms with Crippen LogP contribution >= 0.6 is 12.4 Å². The van der Waals surface area contributed by atoms with Crippen molar-refractivity contribution >= 4 is 24.4 Å². The monoisotopic (exact) mass is 314 g/mol. The van der Waals surface area contributed by atoms with Gasteiger partial charge in [0.2, 0.25) is 0 Å². The number of carbonyl (C=O) groups is 1. The predicted molar refractivity (Wildman–Crippen MR) is 87.1 cm³/mol. The van der Waals surface area contributed by atoms with E-state index in [0.29, 0.717) is 24.6 Å². The molecule has 6 heteroatoms. The van der Waals surface area contributed by atoms with E-state index in [4.69, 9.17) is 15.2 Å². The smallest absolute Gasteiger partial charge is 0.257 e. The van der Waals surface area contributed by atoms with E-state index in [1.54, 1.807) is 13.2 Å². The molecular weight excluding hydrogens is 292 g/mol. The molecular formula is C15H23ClN2O3. The first-order valence-electron chi connectivity index (χ1n) is 6.61. The highest BCUT2D eigenvalue weighted by Crippen LogP contribution is 2.28. The summed E-state index contributed by atoms with van der Waals surface area (Å²) in [6.07, 6.45) is 4.67. The van der Waals surface area contributed by atoms with Gasteiger partial charge in [0.1, 0.15) is 0 Å². The Morgan fingerprint density at radius 1 is 1.38 bits per heavy atom. The first-order chi connectivity index (χ1) is 9.71. The largest absolute Gasteiger partial charge is 0.493 e. The summed E-state index contributed by atoms with van der Waals surface area (Å²) in [5, 5.41) is 2.73. The van der Waals surface area contributed by atoms with Crippen LogP contribution in [0.4, 0.5) is 0 Å². The molecule has 0 spiro atoms. The lowest BCUT2D eigenvalue weighted by molar-refractivity contribution is -0.123. The van der Waals surface area contributed by atoms with E-state index in [-0.39, 0.29) is 24.9 Å². The first kappa shape index (κ1) is 19.3. The molecule has 1 aromatic rings. The van der Waals surface area contributed by atoms with Crippen molar-refractivity contribution in [3.63, 3.8) is 0 Å². The number of benzene rings is 1. The van der Waals surface area contributed by atoms with E-state index in [0.717, 1.165) is 12.0 Å². The zero-order valence-electron chi connectivity index (χ0n) is 12.4. The number of halogens is 1. The van der Waals surface area contributed by atoms with Crippen LogP contribution in [0.3, 0.4) is 0 Å². The summed E-state index contributed by atoms with van der Waals surface area (Å²) in [6, 6.07) is 5.56. The van der Waals surface area contributed by atoms with Crippen LogP contribution in [0.5, 0.6) is 11.5 Å². The summed E-state index contributed by atoms with van der Waals surface area (Å²) < 4.78 is 10.7. The van der Waals surface area contributed by atoms with E-state index in [1.165, 1.54) is 0 Å². The molecule has 0 saturated carbocycles. The SMILES string of the molecule is C/C=C/c1ccc(OCC(=O)NCCCN)c(OC)c1.Cl. The Kier molecular flexibility index (Phi) is 10.1. The van der Waals surface area contributed by atoms with Crippen molar-refractivity contribution < 1.29 is 14.3 Å². The van der Waals surface area contributed by atoms with Crippen molar-refractivity contribution in [3.05, 3.63) is 29.8 Å². The Labute approximate surface area is 131 Å². The van der Waals surface area contributed by atoms with Gasteiger partial charge >= 0.3 is 0 Å².